The zero-order valence-electron chi connectivity index (χ0n) is 16.9. The number of rotatable bonds is 1. The molecule has 3 heterocycles. The third-order valence-corrected chi connectivity index (χ3v) is 6.88. The van der Waals surface area contributed by atoms with E-state index in [4.69, 9.17) is 4.74 Å². The van der Waals surface area contributed by atoms with Gasteiger partial charge in [0.15, 0.2) is 0 Å². The molecule has 0 aromatic carbocycles. The number of imidazole rings is 1. The van der Waals surface area contributed by atoms with Gasteiger partial charge in [-0.1, -0.05) is 12.2 Å². The molecule has 1 aromatic heterocycles. The summed E-state index contributed by atoms with van der Waals surface area (Å²) in [7, 11) is 0. The first-order chi connectivity index (χ1) is 13.3. The first-order valence-electron chi connectivity index (χ1n) is 10.4. The summed E-state index contributed by atoms with van der Waals surface area (Å²) in [6.07, 6.45) is 11.7. The first kappa shape index (κ1) is 18.0. The van der Waals surface area contributed by atoms with E-state index in [2.05, 4.69) is 21.7 Å². The highest BCUT2D eigenvalue weighted by molar-refractivity contribution is 5.74. The van der Waals surface area contributed by atoms with Gasteiger partial charge in [0.25, 0.3) is 0 Å². The highest BCUT2D eigenvalue weighted by atomic mass is 16.6. The average Bonchev–Trinajstić information content (AvgIpc) is 3.25. The average molecular weight is 383 g/mol. The van der Waals surface area contributed by atoms with E-state index in [0.717, 1.165) is 25.7 Å². The summed E-state index contributed by atoms with van der Waals surface area (Å²) in [6.45, 7) is 6.82. The van der Waals surface area contributed by atoms with E-state index in [0.29, 0.717) is 13.1 Å². The van der Waals surface area contributed by atoms with Crippen LogP contribution in [0.3, 0.4) is 0 Å². The zero-order chi connectivity index (χ0) is 19.7. The largest absolute Gasteiger partial charge is 0.444 e. The molecule has 0 unspecified atom stereocenters. The van der Waals surface area contributed by atoms with Crippen molar-refractivity contribution in [2.24, 2.45) is 11.3 Å². The van der Waals surface area contributed by atoms with Crippen LogP contribution in [0.5, 0.6) is 0 Å². The fourth-order valence-electron chi connectivity index (χ4n) is 5.64. The lowest BCUT2D eigenvalue weighted by Crippen LogP contribution is -2.63. The number of carbonyl (C=O) groups is 1. The van der Waals surface area contributed by atoms with Crippen molar-refractivity contribution in [3.8, 4) is 0 Å². The molecule has 28 heavy (non-hydrogen) atoms. The number of aliphatic hydroxyl groups is 1. The van der Waals surface area contributed by atoms with Crippen LogP contribution in [0.2, 0.25) is 0 Å². The van der Waals surface area contributed by atoms with Crippen molar-refractivity contribution in [1.29, 1.82) is 0 Å². The normalized spacial score (nSPS) is 30.4. The van der Waals surface area contributed by atoms with Crippen LogP contribution in [-0.2, 0) is 4.74 Å². The molecule has 0 radical (unpaired) electrons. The minimum Gasteiger partial charge on any atom is -0.444 e. The molecule has 1 saturated carbocycles. The van der Waals surface area contributed by atoms with Crippen molar-refractivity contribution >= 4 is 11.7 Å². The number of ether oxygens (including phenoxy) is 1. The van der Waals surface area contributed by atoms with E-state index < -0.39 is 11.7 Å². The Morgan fingerprint density at radius 1 is 1.36 bits per heavy atom. The summed E-state index contributed by atoms with van der Waals surface area (Å²) in [5, 5.41) is 11.3. The fourth-order valence-corrected chi connectivity index (χ4v) is 5.64. The van der Waals surface area contributed by atoms with Crippen LogP contribution >= 0.6 is 0 Å². The van der Waals surface area contributed by atoms with E-state index >= 15 is 0 Å². The summed E-state index contributed by atoms with van der Waals surface area (Å²) >= 11 is 0. The molecule has 1 N–H and O–H groups in total. The molecule has 1 amide bonds. The van der Waals surface area contributed by atoms with Crippen molar-refractivity contribution in [2.75, 3.05) is 13.1 Å². The lowest BCUT2D eigenvalue weighted by atomic mass is 9.74. The van der Waals surface area contributed by atoms with Crippen molar-refractivity contribution in [3.63, 3.8) is 0 Å². The van der Waals surface area contributed by atoms with Crippen LogP contribution in [0.1, 0.15) is 58.2 Å². The molecule has 5 rings (SSSR count). The summed E-state index contributed by atoms with van der Waals surface area (Å²) in [5.41, 5.74) is 3.27. The molecule has 1 spiro atoms. The highest BCUT2D eigenvalue weighted by Crippen LogP contribution is 2.56. The number of amides is 1. The molecule has 1 saturated heterocycles. The van der Waals surface area contributed by atoms with E-state index in [1.54, 1.807) is 4.90 Å². The zero-order valence-corrected chi connectivity index (χ0v) is 16.9. The van der Waals surface area contributed by atoms with Crippen molar-refractivity contribution in [1.82, 2.24) is 14.5 Å². The summed E-state index contributed by atoms with van der Waals surface area (Å²) in [5.74, 6) is 0.156. The summed E-state index contributed by atoms with van der Waals surface area (Å²) in [4.78, 5) is 18.4. The number of hydrogen-bond acceptors (Lipinski definition) is 4. The molecule has 0 bridgehead atoms. The number of allylic oxidation sites excluding steroid dienone is 4. The first-order valence-corrected chi connectivity index (χ1v) is 10.4. The van der Waals surface area contributed by atoms with Gasteiger partial charge in [-0.3, -0.25) is 0 Å². The Kier molecular flexibility index (Phi) is 3.83. The summed E-state index contributed by atoms with van der Waals surface area (Å²) < 4.78 is 7.75. The van der Waals surface area contributed by atoms with Gasteiger partial charge < -0.3 is 19.3 Å². The van der Waals surface area contributed by atoms with Gasteiger partial charge in [0.05, 0.1) is 30.4 Å². The molecule has 2 aliphatic heterocycles. The quantitative estimate of drug-likeness (QED) is 0.805. The Labute approximate surface area is 165 Å². The van der Waals surface area contributed by atoms with Crippen molar-refractivity contribution in [3.05, 3.63) is 35.9 Å². The van der Waals surface area contributed by atoms with Gasteiger partial charge in [0.2, 0.25) is 0 Å². The number of likely N-dealkylation sites (tertiary alicyclic amines) is 1. The number of fused-ring (bicyclic) bond motifs is 2. The maximum absolute atomic E-state index is 12.3. The van der Waals surface area contributed by atoms with Crippen LogP contribution in [0, 0.1) is 11.3 Å². The molecule has 6 heteroatoms. The molecule has 6 nitrogen and oxygen atoms in total. The van der Waals surface area contributed by atoms with E-state index in [1.807, 2.05) is 33.3 Å². The Morgan fingerprint density at radius 2 is 2.14 bits per heavy atom. The topological polar surface area (TPSA) is 67.6 Å². The molecular weight excluding hydrogens is 354 g/mol. The molecule has 3 atom stereocenters. The van der Waals surface area contributed by atoms with Gasteiger partial charge in [-0.25, -0.2) is 9.78 Å². The predicted molar refractivity (Wildman–Crippen MR) is 106 cm³/mol. The molecule has 150 valence electrons. The Bertz CT molecular complexity index is 870. The maximum Gasteiger partial charge on any atom is 0.410 e. The lowest BCUT2D eigenvalue weighted by molar-refractivity contribution is -0.0901. The Balaban J connectivity index is 1.34. The van der Waals surface area contributed by atoms with Crippen LogP contribution < -0.4 is 0 Å². The monoisotopic (exact) mass is 383 g/mol. The number of aliphatic hydroxyl groups excluding tert-OH is 1. The Hall–Kier alpha value is -2.08. The second-order valence-corrected chi connectivity index (χ2v) is 9.85. The van der Waals surface area contributed by atoms with Gasteiger partial charge in [-0.2, -0.15) is 0 Å². The Morgan fingerprint density at radius 3 is 2.89 bits per heavy atom. The van der Waals surface area contributed by atoms with Gasteiger partial charge in [-0.05, 0) is 57.6 Å². The minimum absolute atomic E-state index is 0.156. The second-order valence-electron chi connectivity index (χ2n) is 9.85. The summed E-state index contributed by atoms with van der Waals surface area (Å²) in [6, 6.07) is 0.161. The number of nitrogens with zero attached hydrogens (tertiary/aromatic N) is 3. The van der Waals surface area contributed by atoms with Crippen LogP contribution in [0.4, 0.5) is 4.79 Å². The molecule has 2 aliphatic carbocycles. The molecule has 1 aromatic rings. The molecular formula is C22H29N3O3. The fraction of sp³-hybridized carbons (Fsp3) is 0.636. The van der Waals surface area contributed by atoms with Crippen LogP contribution in [0.25, 0.3) is 5.57 Å². The standard InChI is InChI=1S/C22H29N3O3/c1-21(2,3)28-20(27)24-11-22(12-24)9-8-16(19(22)26)18-15-7-5-4-6-14(15)17-10-23-13-25(17)18/h5,7,10,13,16,18-19,26H,4,6,8-9,11-12H2,1-3H3/t16-,18+,19+/m1/s1. The van der Waals surface area contributed by atoms with Crippen molar-refractivity contribution in [2.45, 2.75) is 64.2 Å². The number of aromatic nitrogens is 2. The van der Waals surface area contributed by atoms with E-state index in [-0.39, 0.29) is 23.5 Å². The van der Waals surface area contributed by atoms with Gasteiger partial charge in [0.1, 0.15) is 5.60 Å². The molecule has 4 aliphatic rings. The van der Waals surface area contributed by atoms with Gasteiger partial charge in [0, 0.05) is 24.4 Å². The maximum atomic E-state index is 12.3. The van der Waals surface area contributed by atoms with E-state index in [9.17, 15) is 9.90 Å². The highest BCUT2D eigenvalue weighted by Gasteiger charge is 2.59. The number of carbonyl (C=O) groups excluding carboxylic acids is 1. The molecule has 2 fully saturated rings. The second kappa shape index (κ2) is 5.96. The third-order valence-electron chi connectivity index (χ3n) is 6.88. The minimum atomic E-state index is -0.492. The third kappa shape index (κ3) is 2.57. The smallest absolute Gasteiger partial charge is 0.410 e. The van der Waals surface area contributed by atoms with E-state index in [1.165, 1.54) is 16.8 Å². The lowest BCUT2D eigenvalue weighted by Gasteiger charge is -2.50. The van der Waals surface area contributed by atoms with Gasteiger partial charge >= 0.3 is 6.09 Å². The van der Waals surface area contributed by atoms with Crippen LogP contribution in [0.15, 0.2) is 30.2 Å². The number of hydrogen-bond donors (Lipinski definition) is 1. The predicted octanol–water partition coefficient (Wildman–Crippen LogP) is 3.55. The SMILES string of the molecule is CC(C)(C)OC(=O)N1CC2(CC[C@H]([C@@H]3C4=C(CCC=C4)c4cncn43)[C@@H]2O)C1. The van der Waals surface area contributed by atoms with Crippen LogP contribution in [-0.4, -0.2) is 50.4 Å². The van der Waals surface area contributed by atoms with Gasteiger partial charge in [-0.15, -0.1) is 0 Å². The van der Waals surface area contributed by atoms with Crippen molar-refractivity contribution < 1.29 is 14.6 Å².